The molecule has 1 saturated heterocycles. The molecule has 178 valence electrons. The van der Waals surface area contributed by atoms with Gasteiger partial charge in [-0.1, -0.05) is 34.1 Å². The summed E-state index contributed by atoms with van der Waals surface area (Å²) in [6, 6.07) is 4.34. The highest BCUT2D eigenvalue weighted by Gasteiger charge is 2.29. The van der Waals surface area contributed by atoms with E-state index in [1.807, 2.05) is 53.7 Å². The fourth-order valence-corrected chi connectivity index (χ4v) is 5.04. The van der Waals surface area contributed by atoms with Crippen molar-refractivity contribution in [2.75, 3.05) is 41.6 Å². The summed E-state index contributed by atoms with van der Waals surface area (Å²) in [6.45, 7) is 13.7. The van der Waals surface area contributed by atoms with Gasteiger partial charge in [0.15, 0.2) is 0 Å². The van der Waals surface area contributed by atoms with Crippen LogP contribution in [0.2, 0.25) is 0 Å². The molecule has 2 unspecified atom stereocenters. The molecule has 1 aromatic carbocycles. The molecule has 2 atom stereocenters. The molecule has 5 nitrogen and oxygen atoms in total. The smallest absolute Gasteiger partial charge is 0.128 e. The predicted molar refractivity (Wildman–Crippen MR) is 130 cm³/mol. The second-order valence-electron chi connectivity index (χ2n) is 6.67. The Balaban J connectivity index is 0. The van der Waals surface area contributed by atoms with Crippen molar-refractivity contribution in [3.05, 3.63) is 23.3 Å². The van der Waals surface area contributed by atoms with E-state index in [-0.39, 0.29) is 0 Å². The molecule has 0 saturated carbocycles. The Morgan fingerprint density at radius 1 is 1.00 bits per heavy atom. The fraction of sp³-hybridized carbons (Fsp3) is 0.750. The number of nitrogens with zero attached hydrogens (tertiary/aromatic N) is 1. The first-order valence-electron chi connectivity index (χ1n) is 11.2. The monoisotopic (exact) mass is 445 g/mol. The van der Waals surface area contributed by atoms with Crippen LogP contribution < -0.4 is 4.74 Å². The van der Waals surface area contributed by atoms with Crippen molar-refractivity contribution in [3.63, 3.8) is 0 Å². The van der Waals surface area contributed by atoms with Gasteiger partial charge in [-0.2, -0.15) is 0 Å². The van der Waals surface area contributed by atoms with Crippen molar-refractivity contribution in [2.45, 2.75) is 84.6 Å². The van der Waals surface area contributed by atoms with Crippen molar-refractivity contribution in [3.8, 4) is 5.75 Å². The number of hydrogen-bond acceptors (Lipinski definition) is 4. The summed E-state index contributed by atoms with van der Waals surface area (Å²) in [4.78, 5) is 0.949. The minimum atomic E-state index is -1.10. The quantitative estimate of drug-likeness (QED) is 0.488. The van der Waals surface area contributed by atoms with E-state index in [9.17, 15) is 4.21 Å². The SMILES string of the molecule is CC.CC.COC.COCCCC1CCCCN1S(=O)c1c(C)cc(OC)cc1C. The first kappa shape index (κ1) is 31.2. The summed E-state index contributed by atoms with van der Waals surface area (Å²) in [7, 11) is 5.55. The minimum absolute atomic E-state index is 0.389. The van der Waals surface area contributed by atoms with Crippen LogP contribution in [0, 0.1) is 13.8 Å². The second kappa shape index (κ2) is 20.0. The van der Waals surface area contributed by atoms with Gasteiger partial charge in [-0.25, -0.2) is 8.51 Å². The highest BCUT2D eigenvalue weighted by atomic mass is 32.2. The third-order valence-electron chi connectivity index (χ3n) is 4.52. The molecule has 1 aliphatic heterocycles. The highest BCUT2D eigenvalue weighted by molar-refractivity contribution is 7.82. The number of hydrogen-bond donors (Lipinski definition) is 0. The molecule has 0 aromatic heterocycles. The number of methoxy groups -OCH3 is 3. The Morgan fingerprint density at radius 2 is 1.53 bits per heavy atom. The molecular formula is C24H47NO4S. The third kappa shape index (κ3) is 10.9. The molecule has 1 fully saturated rings. The van der Waals surface area contributed by atoms with Gasteiger partial charge in [0.05, 0.1) is 12.0 Å². The first-order valence-corrected chi connectivity index (χ1v) is 12.3. The summed E-state index contributed by atoms with van der Waals surface area (Å²) >= 11 is 0. The first-order chi connectivity index (χ1) is 14.5. The van der Waals surface area contributed by atoms with Gasteiger partial charge in [-0.05, 0) is 62.8 Å². The zero-order valence-corrected chi connectivity index (χ0v) is 22.0. The molecule has 1 aromatic rings. The van der Waals surface area contributed by atoms with Crippen LogP contribution in [-0.4, -0.2) is 56.1 Å². The zero-order valence-electron chi connectivity index (χ0n) is 21.2. The maximum atomic E-state index is 13.2. The van der Waals surface area contributed by atoms with E-state index in [0.717, 1.165) is 60.6 Å². The molecule has 0 N–H and O–H groups in total. The molecule has 30 heavy (non-hydrogen) atoms. The number of aryl methyl sites for hydroxylation is 2. The van der Waals surface area contributed by atoms with Gasteiger partial charge in [-0.3, -0.25) is 0 Å². The molecule has 0 amide bonds. The minimum Gasteiger partial charge on any atom is -0.497 e. The predicted octanol–water partition coefficient (Wildman–Crippen LogP) is 5.93. The van der Waals surface area contributed by atoms with E-state index in [0.29, 0.717) is 6.04 Å². The Hall–Kier alpha value is -0.950. The van der Waals surface area contributed by atoms with Crippen molar-refractivity contribution in [2.24, 2.45) is 0 Å². The largest absolute Gasteiger partial charge is 0.497 e. The molecule has 0 aliphatic carbocycles. The fourth-order valence-electron chi connectivity index (χ4n) is 3.37. The van der Waals surface area contributed by atoms with Crippen molar-refractivity contribution >= 4 is 11.0 Å². The summed E-state index contributed by atoms with van der Waals surface area (Å²) in [5.41, 5.74) is 2.09. The van der Waals surface area contributed by atoms with Crippen molar-refractivity contribution < 1.29 is 18.4 Å². The average Bonchev–Trinajstić information content (AvgIpc) is 2.77. The van der Waals surface area contributed by atoms with E-state index in [4.69, 9.17) is 9.47 Å². The lowest BCUT2D eigenvalue weighted by Gasteiger charge is -2.35. The average molecular weight is 446 g/mol. The van der Waals surface area contributed by atoms with Crippen LogP contribution in [0.5, 0.6) is 5.75 Å². The Bertz CT molecular complexity index is 543. The van der Waals surface area contributed by atoms with Crippen LogP contribution >= 0.6 is 0 Å². The highest BCUT2D eigenvalue weighted by Crippen LogP contribution is 2.30. The van der Waals surface area contributed by atoms with Gasteiger partial charge >= 0.3 is 0 Å². The van der Waals surface area contributed by atoms with Crippen LogP contribution in [0.4, 0.5) is 0 Å². The molecule has 2 rings (SSSR count). The van der Waals surface area contributed by atoms with Crippen LogP contribution in [-0.2, 0) is 20.5 Å². The Kier molecular flexibility index (Phi) is 20.8. The molecule has 1 heterocycles. The second-order valence-corrected chi connectivity index (χ2v) is 8.05. The van der Waals surface area contributed by atoms with Gasteiger partial charge in [0.1, 0.15) is 16.7 Å². The number of benzene rings is 1. The molecule has 6 heteroatoms. The van der Waals surface area contributed by atoms with Crippen LogP contribution in [0.25, 0.3) is 0 Å². The molecule has 0 spiro atoms. The van der Waals surface area contributed by atoms with Crippen molar-refractivity contribution in [1.82, 2.24) is 4.31 Å². The molecule has 1 aliphatic rings. The van der Waals surface area contributed by atoms with E-state index in [1.165, 1.54) is 6.42 Å². The Labute approximate surface area is 189 Å². The van der Waals surface area contributed by atoms with Gasteiger partial charge in [-0.15, -0.1) is 0 Å². The van der Waals surface area contributed by atoms with Crippen LogP contribution in [0.15, 0.2) is 17.0 Å². The van der Waals surface area contributed by atoms with Gasteiger partial charge in [0.25, 0.3) is 0 Å². The lowest BCUT2D eigenvalue weighted by Crippen LogP contribution is -2.41. The van der Waals surface area contributed by atoms with Gasteiger partial charge in [0.2, 0.25) is 0 Å². The summed E-state index contributed by atoms with van der Waals surface area (Å²) in [6.07, 6.45) is 5.56. The summed E-state index contributed by atoms with van der Waals surface area (Å²) in [5, 5.41) is 0. The topological polar surface area (TPSA) is 48.0 Å². The summed E-state index contributed by atoms with van der Waals surface area (Å²) < 4.78 is 30.2. The molecule has 0 radical (unpaired) electrons. The maximum Gasteiger partial charge on any atom is 0.128 e. The normalized spacial score (nSPS) is 16.7. The van der Waals surface area contributed by atoms with Crippen LogP contribution in [0.3, 0.4) is 0 Å². The van der Waals surface area contributed by atoms with E-state index in [1.54, 1.807) is 28.4 Å². The number of ether oxygens (including phenoxy) is 3. The van der Waals surface area contributed by atoms with E-state index < -0.39 is 11.0 Å². The number of piperidine rings is 1. The Morgan fingerprint density at radius 3 is 2.00 bits per heavy atom. The zero-order chi connectivity index (χ0) is 23.5. The lowest BCUT2D eigenvalue weighted by atomic mass is 10.0. The van der Waals surface area contributed by atoms with Gasteiger partial charge < -0.3 is 14.2 Å². The standard InChI is InChI=1S/C18H29NO3S.C2H6O.2C2H6/c1-14-12-17(22-4)13-15(2)18(14)23(20)19-10-6-5-8-16(19)9-7-11-21-3;1-3-2;2*1-2/h12-13,16H,5-11H2,1-4H3;1-2H3;2*1-2H3. The third-order valence-corrected chi connectivity index (χ3v) is 6.42. The van der Waals surface area contributed by atoms with E-state index >= 15 is 0 Å². The summed E-state index contributed by atoms with van der Waals surface area (Å²) in [5.74, 6) is 0.830. The van der Waals surface area contributed by atoms with Crippen molar-refractivity contribution in [1.29, 1.82) is 0 Å². The lowest BCUT2D eigenvalue weighted by molar-refractivity contribution is 0.174. The maximum absolute atomic E-state index is 13.2. The van der Waals surface area contributed by atoms with Gasteiger partial charge in [0, 0.05) is 40.5 Å². The number of rotatable bonds is 7. The molecule has 0 bridgehead atoms. The van der Waals surface area contributed by atoms with Crippen LogP contribution in [0.1, 0.15) is 70.9 Å². The molecular weight excluding hydrogens is 398 g/mol. The van der Waals surface area contributed by atoms with E-state index in [2.05, 4.69) is 9.04 Å².